The summed E-state index contributed by atoms with van der Waals surface area (Å²) in [5, 5.41) is 6.25. The normalized spacial score (nSPS) is 15.2. The lowest BCUT2D eigenvalue weighted by molar-refractivity contribution is -0.120. The van der Waals surface area contributed by atoms with Crippen LogP contribution in [0.2, 0.25) is 0 Å². The molecule has 0 radical (unpaired) electrons. The van der Waals surface area contributed by atoms with Crippen LogP contribution in [0.4, 0.5) is 0 Å². The summed E-state index contributed by atoms with van der Waals surface area (Å²) in [6.07, 6.45) is 2.63. The van der Waals surface area contributed by atoms with Crippen LogP contribution in [0.15, 0.2) is 24.3 Å². The minimum Gasteiger partial charge on any atom is -0.354 e. The van der Waals surface area contributed by atoms with Crippen molar-refractivity contribution in [1.29, 1.82) is 0 Å². The van der Waals surface area contributed by atoms with Gasteiger partial charge in [-0.2, -0.15) is 0 Å². The number of amides is 1. The van der Waals surface area contributed by atoms with Gasteiger partial charge in [0.1, 0.15) is 0 Å². The van der Waals surface area contributed by atoms with Crippen LogP contribution in [0.25, 0.3) is 0 Å². The van der Waals surface area contributed by atoms with Crippen LogP contribution in [-0.4, -0.2) is 25.5 Å². The Morgan fingerprint density at radius 3 is 2.50 bits per heavy atom. The first kappa shape index (κ1) is 15.0. The van der Waals surface area contributed by atoms with Crippen LogP contribution in [0.3, 0.4) is 0 Å². The van der Waals surface area contributed by atoms with Crippen molar-refractivity contribution in [1.82, 2.24) is 10.6 Å². The van der Waals surface area contributed by atoms with E-state index < -0.39 is 0 Å². The number of aryl methyl sites for hydroxylation is 1. The molecule has 1 aliphatic carbocycles. The van der Waals surface area contributed by atoms with Gasteiger partial charge in [0.15, 0.2) is 0 Å². The molecule has 0 spiro atoms. The fourth-order valence-electron chi connectivity index (χ4n) is 2.20. The van der Waals surface area contributed by atoms with E-state index in [1.807, 2.05) is 0 Å². The number of carbonyl (C=O) groups excluding carboxylic acids is 1. The van der Waals surface area contributed by atoms with E-state index in [2.05, 4.69) is 55.7 Å². The predicted octanol–water partition coefficient (Wildman–Crippen LogP) is 2.39. The predicted molar refractivity (Wildman–Crippen MR) is 82.8 cm³/mol. The Kier molecular flexibility index (Phi) is 4.81. The molecule has 1 aromatic rings. The molecule has 3 heteroatoms. The van der Waals surface area contributed by atoms with Crippen molar-refractivity contribution in [2.45, 2.75) is 39.0 Å². The molecule has 0 unspecified atom stereocenters. The monoisotopic (exact) mass is 274 g/mol. The zero-order valence-electron chi connectivity index (χ0n) is 12.8. The van der Waals surface area contributed by atoms with Gasteiger partial charge in [0.2, 0.25) is 5.91 Å². The third-order valence-electron chi connectivity index (χ3n) is 3.98. The molecule has 0 bridgehead atoms. The van der Waals surface area contributed by atoms with Gasteiger partial charge >= 0.3 is 0 Å². The van der Waals surface area contributed by atoms with Gasteiger partial charge in [-0.05, 0) is 37.8 Å². The molecule has 2 N–H and O–H groups in total. The molecule has 1 saturated carbocycles. The summed E-state index contributed by atoms with van der Waals surface area (Å²) in [7, 11) is 0. The molecule has 20 heavy (non-hydrogen) atoms. The van der Waals surface area contributed by atoms with E-state index in [1.165, 1.54) is 24.0 Å². The van der Waals surface area contributed by atoms with Gasteiger partial charge in [0, 0.05) is 12.0 Å². The quantitative estimate of drug-likeness (QED) is 0.801. The summed E-state index contributed by atoms with van der Waals surface area (Å²) in [6, 6.07) is 8.53. The molecule has 0 atom stereocenters. The maximum Gasteiger partial charge on any atom is 0.233 e. The van der Waals surface area contributed by atoms with E-state index in [0.29, 0.717) is 13.1 Å². The second-order valence-corrected chi connectivity index (χ2v) is 6.60. The van der Waals surface area contributed by atoms with E-state index in [-0.39, 0.29) is 11.3 Å². The maximum atomic E-state index is 11.8. The molecule has 1 aliphatic rings. The summed E-state index contributed by atoms with van der Waals surface area (Å²) in [5.41, 5.74) is 2.48. The molecule has 1 aromatic carbocycles. The molecule has 1 fully saturated rings. The van der Waals surface area contributed by atoms with Crippen molar-refractivity contribution < 1.29 is 4.79 Å². The highest BCUT2D eigenvalue weighted by atomic mass is 16.1. The topological polar surface area (TPSA) is 41.1 Å². The Morgan fingerprint density at radius 2 is 1.90 bits per heavy atom. The fraction of sp³-hybridized carbons (Fsp3) is 0.588. The van der Waals surface area contributed by atoms with E-state index in [4.69, 9.17) is 0 Å². The average Bonchev–Trinajstić information content (AvgIpc) is 3.21. The SMILES string of the molecule is Cc1ccc(C(C)(C)CNC(=O)CNCC2CC2)cc1. The van der Waals surface area contributed by atoms with Gasteiger partial charge in [-0.15, -0.1) is 0 Å². The molecule has 110 valence electrons. The van der Waals surface area contributed by atoms with Crippen molar-refractivity contribution in [3.8, 4) is 0 Å². The summed E-state index contributed by atoms with van der Waals surface area (Å²) < 4.78 is 0. The highest BCUT2D eigenvalue weighted by molar-refractivity contribution is 5.78. The van der Waals surface area contributed by atoms with Crippen molar-refractivity contribution >= 4 is 5.91 Å². The van der Waals surface area contributed by atoms with Crippen LogP contribution < -0.4 is 10.6 Å². The number of carbonyl (C=O) groups is 1. The van der Waals surface area contributed by atoms with Crippen LogP contribution in [0, 0.1) is 12.8 Å². The molecule has 0 heterocycles. The molecular weight excluding hydrogens is 248 g/mol. The fourth-order valence-corrected chi connectivity index (χ4v) is 2.20. The number of rotatable bonds is 7. The summed E-state index contributed by atoms with van der Waals surface area (Å²) in [6.45, 7) is 8.49. The first-order valence-electron chi connectivity index (χ1n) is 7.52. The highest BCUT2D eigenvalue weighted by Crippen LogP contribution is 2.27. The average molecular weight is 274 g/mol. The van der Waals surface area contributed by atoms with Crippen LogP contribution in [0.5, 0.6) is 0 Å². The Bertz CT molecular complexity index is 447. The van der Waals surface area contributed by atoms with Gasteiger partial charge < -0.3 is 10.6 Å². The lowest BCUT2D eigenvalue weighted by Gasteiger charge is -2.26. The van der Waals surface area contributed by atoms with Crippen molar-refractivity contribution in [3.63, 3.8) is 0 Å². The lowest BCUT2D eigenvalue weighted by atomic mass is 9.84. The third-order valence-corrected chi connectivity index (χ3v) is 3.98. The van der Waals surface area contributed by atoms with E-state index in [1.54, 1.807) is 0 Å². The number of nitrogens with one attached hydrogen (secondary N) is 2. The van der Waals surface area contributed by atoms with Crippen molar-refractivity contribution in [2.24, 2.45) is 5.92 Å². The molecule has 0 aromatic heterocycles. The lowest BCUT2D eigenvalue weighted by Crippen LogP contribution is -2.41. The Hall–Kier alpha value is -1.35. The van der Waals surface area contributed by atoms with Crippen molar-refractivity contribution in [2.75, 3.05) is 19.6 Å². The Labute approximate surface area is 122 Å². The molecule has 2 rings (SSSR count). The second kappa shape index (κ2) is 6.40. The maximum absolute atomic E-state index is 11.8. The number of benzene rings is 1. The van der Waals surface area contributed by atoms with E-state index in [9.17, 15) is 4.79 Å². The Morgan fingerprint density at radius 1 is 1.25 bits per heavy atom. The molecule has 0 saturated heterocycles. The van der Waals surface area contributed by atoms with Crippen LogP contribution >= 0.6 is 0 Å². The highest BCUT2D eigenvalue weighted by Gasteiger charge is 2.22. The smallest absolute Gasteiger partial charge is 0.233 e. The molecular formula is C17H26N2O. The van der Waals surface area contributed by atoms with Crippen LogP contribution in [0.1, 0.15) is 37.8 Å². The molecule has 0 aliphatic heterocycles. The first-order chi connectivity index (χ1) is 9.47. The minimum absolute atomic E-state index is 0.0418. The van der Waals surface area contributed by atoms with Crippen LogP contribution in [-0.2, 0) is 10.2 Å². The molecule has 3 nitrogen and oxygen atoms in total. The third kappa shape index (κ3) is 4.64. The van der Waals surface area contributed by atoms with Gasteiger partial charge in [0.25, 0.3) is 0 Å². The second-order valence-electron chi connectivity index (χ2n) is 6.60. The Balaban J connectivity index is 1.75. The van der Waals surface area contributed by atoms with Crippen molar-refractivity contribution in [3.05, 3.63) is 35.4 Å². The number of hydrogen-bond donors (Lipinski definition) is 2. The van der Waals surface area contributed by atoms with Gasteiger partial charge in [0.05, 0.1) is 6.54 Å². The summed E-state index contributed by atoms with van der Waals surface area (Å²) >= 11 is 0. The first-order valence-corrected chi connectivity index (χ1v) is 7.52. The summed E-state index contributed by atoms with van der Waals surface area (Å²) in [4.78, 5) is 11.8. The van der Waals surface area contributed by atoms with Gasteiger partial charge in [-0.1, -0.05) is 43.7 Å². The molecule has 1 amide bonds. The number of hydrogen-bond acceptors (Lipinski definition) is 2. The summed E-state index contributed by atoms with van der Waals surface area (Å²) in [5.74, 6) is 0.901. The minimum atomic E-state index is -0.0418. The van der Waals surface area contributed by atoms with Gasteiger partial charge in [-0.25, -0.2) is 0 Å². The standard InChI is InChI=1S/C17H26N2O/c1-13-4-8-15(9-5-13)17(2,3)12-19-16(20)11-18-10-14-6-7-14/h4-5,8-9,14,18H,6-7,10-12H2,1-3H3,(H,19,20). The van der Waals surface area contributed by atoms with E-state index in [0.717, 1.165) is 12.5 Å². The zero-order valence-corrected chi connectivity index (χ0v) is 12.8. The largest absolute Gasteiger partial charge is 0.354 e. The zero-order chi connectivity index (χ0) is 14.6. The van der Waals surface area contributed by atoms with Gasteiger partial charge in [-0.3, -0.25) is 4.79 Å². The van der Waals surface area contributed by atoms with E-state index >= 15 is 0 Å².